The Balaban J connectivity index is 1.56. The molecule has 2 aromatic rings. The number of pyridine rings is 1. The minimum atomic E-state index is -0.599. The van der Waals surface area contributed by atoms with Gasteiger partial charge >= 0.3 is 5.97 Å². The van der Waals surface area contributed by atoms with Crippen LogP contribution in [0.2, 0.25) is 5.15 Å². The monoisotopic (exact) mass is 344 g/mol. The van der Waals surface area contributed by atoms with Gasteiger partial charge in [0.2, 0.25) is 0 Å². The van der Waals surface area contributed by atoms with Crippen LogP contribution in [-0.2, 0) is 16.0 Å². The number of halogens is 1. The molecular weight excluding hydrogens is 328 g/mol. The highest BCUT2D eigenvalue weighted by molar-refractivity contribution is 6.29. The fourth-order valence-corrected chi connectivity index (χ4v) is 3.06. The Kier molecular flexibility index (Phi) is 5.11. The fourth-order valence-electron chi connectivity index (χ4n) is 2.88. The molecule has 5 nitrogen and oxygen atoms in total. The molecule has 1 aliphatic rings. The lowest BCUT2D eigenvalue weighted by Crippen LogP contribution is -2.34. The second-order valence-corrected chi connectivity index (χ2v) is 6.04. The molecule has 1 aromatic carbocycles. The van der Waals surface area contributed by atoms with Gasteiger partial charge in [-0.05, 0) is 42.5 Å². The topological polar surface area (TPSA) is 68.3 Å². The van der Waals surface area contributed by atoms with Gasteiger partial charge in [0.05, 0.1) is 11.6 Å². The van der Waals surface area contributed by atoms with E-state index in [-0.39, 0.29) is 29.3 Å². The van der Waals surface area contributed by atoms with Gasteiger partial charge in [0.25, 0.3) is 5.91 Å². The lowest BCUT2D eigenvalue weighted by molar-refractivity contribution is -0.125. The highest BCUT2D eigenvalue weighted by Gasteiger charge is 2.21. The molecule has 124 valence electrons. The van der Waals surface area contributed by atoms with E-state index in [9.17, 15) is 9.59 Å². The number of nitrogens with one attached hydrogen (secondary N) is 1. The first-order chi connectivity index (χ1) is 11.6. The van der Waals surface area contributed by atoms with E-state index in [1.165, 1.54) is 23.9 Å². The summed E-state index contributed by atoms with van der Waals surface area (Å²) in [6.45, 7) is -0.322. The van der Waals surface area contributed by atoms with Crippen molar-refractivity contribution in [3.05, 3.63) is 64.4 Å². The quantitative estimate of drug-likeness (QED) is 0.683. The van der Waals surface area contributed by atoms with Gasteiger partial charge in [-0.1, -0.05) is 35.9 Å². The van der Waals surface area contributed by atoms with E-state index in [1.807, 2.05) is 18.2 Å². The van der Waals surface area contributed by atoms with Crippen molar-refractivity contribution in [2.45, 2.75) is 25.3 Å². The van der Waals surface area contributed by atoms with Crippen molar-refractivity contribution in [2.24, 2.45) is 0 Å². The van der Waals surface area contributed by atoms with E-state index >= 15 is 0 Å². The van der Waals surface area contributed by atoms with Crippen LogP contribution in [0.3, 0.4) is 0 Å². The van der Waals surface area contributed by atoms with Gasteiger partial charge in [0.15, 0.2) is 6.61 Å². The van der Waals surface area contributed by atoms with Gasteiger partial charge in [-0.25, -0.2) is 9.78 Å². The highest BCUT2D eigenvalue weighted by Crippen LogP contribution is 2.29. The largest absolute Gasteiger partial charge is 0.452 e. The molecule has 3 rings (SSSR count). The Morgan fingerprint density at radius 3 is 2.96 bits per heavy atom. The molecule has 1 heterocycles. The standard InChI is InChI=1S/C18H17ClN2O3/c19-16-10-13(8-9-20-16)18(23)24-11-17(22)21-15-7-3-5-12-4-1-2-6-14(12)15/h1-2,4,6,8-10,15H,3,5,7,11H2,(H,21,22)/t15-/m0/s1. The molecule has 1 aromatic heterocycles. The molecule has 0 unspecified atom stereocenters. The summed E-state index contributed by atoms with van der Waals surface area (Å²) >= 11 is 5.73. The molecule has 0 spiro atoms. The number of hydrogen-bond acceptors (Lipinski definition) is 4. The van der Waals surface area contributed by atoms with E-state index in [1.54, 1.807) is 0 Å². The van der Waals surface area contributed by atoms with Gasteiger partial charge in [-0.15, -0.1) is 0 Å². The van der Waals surface area contributed by atoms with Crippen molar-refractivity contribution < 1.29 is 14.3 Å². The number of aromatic nitrogens is 1. The molecule has 1 N–H and O–H groups in total. The lowest BCUT2D eigenvalue weighted by atomic mass is 9.88. The summed E-state index contributed by atoms with van der Waals surface area (Å²) in [5.41, 5.74) is 2.67. The molecular formula is C18H17ClN2O3. The van der Waals surface area contributed by atoms with Crippen molar-refractivity contribution in [3.8, 4) is 0 Å². The molecule has 24 heavy (non-hydrogen) atoms. The van der Waals surface area contributed by atoms with Crippen molar-refractivity contribution in [3.63, 3.8) is 0 Å². The summed E-state index contributed by atoms with van der Waals surface area (Å²) in [6.07, 6.45) is 4.35. The van der Waals surface area contributed by atoms with E-state index in [0.717, 1.165) is 24.8 Å². The highest BCUT2D eigenvalue weighted by atomic mass is 35.5. The van der Waals surface area contributed by atoms with Gasteiger partial charge in [-0.3, -0.25) is 4.79 Å². The number of carbonyl (C=O) groups excluding carboxylic acids is 2. The molecule has 1 aliphatic carbocycles. The Hall–Kier alpha value is -2.40. The normalized spacial score (nSPS) is 16.1. The van der Waals surface area contributed by atoms with Crippen molar-refractivity contribution >= 4 is 23.5 Å². The maximum absolute atomic E-state index is 12.1. The molecule has 0 fully saturated rings. The number of rotatable bonds is 4. The average molecular weight is 345 g/mol. The number of hydrogen-bond donors (Lipinski definition) is 1. The van der Waals surface area contributed by atoms with E-state index in [4.69, 9.17) is 16.3 Å². The predicted octanol–water partition coefficient (Wildman–Crippen LogP) is 3.09. The van der Waals surface area contributed by atoms with Crippen molar-refractivity contribution in [2.75, 3.05) is 6.61 Å². The third-order valence-electron chi connectivity index (χ3n) is 4.00. The molecule has 0 bridgehead atoms. The number of benzene rings is 1. The van der Waals surface area contributed by atoms with Gasteiger partial charge in [-0.2, -0.15) is 0 Å². The number of amides is 1. The number of nitrogens with zero attached hydrogens (tertiary/aromatic N) is 1. The SMILES string of the molecule is O=C(COC(=O)c1ccnc(Cl)c1)N[C@H]1CCCc2ccccc21. The Morgan fingerprint density at radius 2 is 2.12 bits per heavy atom. The van der Waals surface area contributed by atoms with E-state index < -0.39 is 5.97 Å². The molecule has 1 atom stereocenters. The minimum absolute atomic E-state index is 0.0310. The van der Waals surface area contributed by atoms with Crippen LogP contribution in [0, 0.1) is 0 Å². The molecule has 0 radical (unpaired) electrons. The van der Waals surface area contributed by atoms with Crippen LogP contribution in [0.25, 0.3) is 0 Å². The van der Waals surface area contributed by atoms with Crippen LogP contribution in [0.4, 0.5) is 0 Å². The van der Waals surface area contributed by atoms with Crippen LogP contribution >= 0.6 is 11.6 Å². The maximum Gasteiger partial charge on any atom is 0.338 e. The lowest BCUT2D eigenvalue weighted by Gasteiger charge is -2.26. The zero-order chi connectivity index (χ0) is 16.9. The van der Waals surface area contributed by atoms with Gasteiger partial charge in [0.1, 0.15) is 5.15 Å². The second-order valence-electron chi connectivity index (χ2n) is 5.65. The number of aryl methyl sites for hydroxylation is 1. The average Bonchev–Trinajstić information content (AvgIpc) is 2.60. The molecule has 0 saturated heterocycles. The van der Waals surface area contributed by atoms with Crippen LogP contribution in [-0.4, -0.2) is 23.5 Å². The van der Waals surface area contributed by atoms with E-state index in [0.29, 0.717) is 0 Å². The number of ether oxygens (including phenoxy) is 1. The number of fused-ring (bicyclic) bond motifs is 1. The third-order valence-corrected chi connectivity index (χ3v) is 4.21. The second kappa shape index (κ2) is 7.45. The molecule has 0 saturated carbocycles. The van der Waals surface area contributed by atoms with Crippen LogP contribution < -0.4 is 5.32 Å². The Morgan fingerprint density at radius 1 is 1.29 bits per heavy atom. The third kappa shape index (κ3) is 3.92. The molecule has 0 aliphatic heterocycles. The summed E-state index contributed by atoms with van der Waals surface area (Å²) < 4.78 is 5.04. The molecule has 6 heteroatoms. The first-order valence-electron chi connectivity index (χ1n) is 7.79. The summed E-state index contributed by atoms with van der Waals surface area (Å²) in [5.74, 6) is -0.913. The summed E-state index contributed by atoms with van der Waals surface area (Å²) in [7, 11) is 0. The van der Waals surface area contributed by atoms with Crippen molar-refractivity contribution in [1.82, 2.24) is 10.3 Å². The summed E-state index contributed by atoms with van der Waals surface area (Å²) in [4.78, 5) is 27.8. The first kappa shape index (κ1) is 16.5. The van der Waals surface area contributed by atoms with Gasteiger partial charge < -0.3 is 10.1 Å². The van der Waals surface area contributed by atoms with Crippen LogP contribution in [0.15, 0.2) is 42.6 Å². The van der Waals surface area contributed by atoms with E-state index in [2.05, 4.69) is 16.4 Å². The van der Waals surface area contributed by atoms with Crippen LogP contribution in [0.1, 0.15) is 40.4 Å². The number of esters is 1. The Bertz CT molecular complexity index is 763. The molecule has 1 amide bonds. The van der Waals surface area contributed by atoms with Gasteiger partial charge in [0, 0.05) is 6.20 Å². The zero-order valence-electron chi connectivity index (χ0n) is 13.0. The zero-order valence-corrected chi connectivity index (χ0v) is 13.8. The smallest absolute Gasteiger partial charge is 0.338 e. The first-order valence-corrected chi connectivity index (χ1v) is 8.17. The van der Waals surface area contributed by atoms with Crippen LogP contribution in [0.5, 0.6) is 0 Å². The predicted molar refractivity (Wildman–Crippen MR) is 89.8 cm³/mol. The maximum atomic E-state index is 12.1. The Labute approximate surface area is 145 Å². The fraction of sp³-hybridized carbons (Fsp3) is 0.278. The summed E-state index contributed by atoms with van der Waals surface area (Å²) in [6, 6.07) is 11.0. The summed E-state index contributed by atoms with van der Waals surface area (Å²) in [5, 5.41) is 3.14. The van der Waals surface area contributed by atoms with Crippen molar-refractivity contribution in [1.29, 1.82) is 0 Å². The minimum Gasteiger partial charge on any atom is -0.452 e. The number of carbonyl (C=O) groups is 2.